The smallest absolute Gasteiger partial charge is 0.387 e. The molecule has 0 fully saturated rings. The van der Waals surface area contributed by atoms with Crippen LogP contribution in [-0.2, 0) is 4.79 Å². The standard InChI is InChI=1S/C24H18F2N4O4S/c25-23(26)34-17-11-9-16(10-12-17)30-22(33)18-3-1-2-4-19(18)29-24(30)35-13-20(31)28-15-7-5-14(6-8-15)21(27)32/h1-12,23H,13H2,(H2,27,32)(H,28,31). The van der Waals surface area contributed by atoms with Gasteiger partial charge in [-0.15, -0.1) is 0 Å². The third-order valence-corrected chi connectivity index (χ3v) is 5.79. The summed E-state index contributed by atoms with van der Waals surface area (Å²) in [5.41, 5.74) is 6.46. The molecule has 0 saturated heterocycles. The first-order valence-corrected chi connectivity index (χ1v) is 11.2. The molecule has 3 aromatic carbocycles. The predicted octanol–water partition coefficient (Wildman–Crippen LogP) is 3.82. The van der Waals surface area contributed by atoms with Gasteiger partial charge < -0.3 is 15.8 Å². The first kappa shape index (κ1) is 23.9. The van der Waals surface area contributed by atoms with Crippen LogP contribution in [0.25, 0.3) is 16.6 Å². The van der Waals surface area contributed by atoms with Gasteiger partial charge in [0.2, 0.25) is 11.8 Å². The first-order valence-electron chi connectivity index (χ1n) is 10.2. The zero-order chi connectivity index (χ0) is 24.9. The second-order valence-electron chi connectivity index (χ2n) is 7.20. The van der Waals surface area contributed by atoms with Crippen LogP contribution in [0.3, 0.4) is 0 Å². The summed E-state index contributed by atoms with van der Waals surface area (Å²) in [7, 11) is 0. The van der Waals surface area contributed by atoms with Gasteiger partial charge in [0.05, 0.1) is 22.3 Å². The quantitative estimate of drug-likeness (QED) is 0.283. The van der Waals surface area contributed by atoms with Gasteiger partial charge in [0, 0.05) is 11.3 Å². The van der Waals surface area contributed by atoms with E-state index in [4.69, 9.17) is 5.73 Å². The van der Waals surface area contributed by atoms with Gasteiger partial charge >= 0.3 is 6.61 Å². The number of anilines is 1. The Morgan fingerprint density at radius 2 is 1.71 bits per heavy atom. The number of hydrogen-bond donors (Lipinski definition) is 2. The molecule has 4 rings (SSSR count). The number of thioether (sulfide) groups is 1. The molecule has 0 aliphatic rings. The summed E-state index contributed by atoms with van der Waals surface area (Å²) >= 11 is 1.04. The minimum absolute atomic E-state index is 0.0542. The highest BCUT2D eigenvalue weighted by Gasteiger charge is 2.15. The molecule has 3 N–H and O–H groups in total. The van der Waals surface area contributed by atoms with Crippen molar-refractivity contribution in [2.24, 2.45) is 5.73 Å². The number of benzene rings is 3. The number of primary amides is 1. The van der Waals surface area contributed by atoms with Crippen LogP contribution in [0, 0.1) is 0 Å². The molecule has 11 heteroatoms. The SMILES string of the molecule is NC(=O)c1ccc(NC(=O)CSc2nc3ccccc3c(=O)n2-c2ccc(OC(F)F)cc2)cc1. The van der Waals surface area contributed by atoms with E-state index in [1.807, 2.05) is 0 Å². The monoisotopic (exact) mass is 496 g/mol. The highest BCUT2D eigenvalue weighted by atomic mass is 32.2. The van der Waals surface area contributed by atoms with E-state index in [2.05, 4.69) is 15.0 Å². The van der Waals surface area contributed by atoms with E-state index < -0.39 is 12.5 Å². The molecule has 2 amide bonds. The molecule has 8 nitrogen and oxygen atoms in total. The highest BCUT2D eigenvalue weighted by Crippen LogP contribution is 2.24. The van der Waals surface area contributed by atoms with Crippen LogP contribution < -0.4 is 21.3 Å². The van der Waals surface area contributed by atoms with Crippen LogP contribution >= 0.6 is 11.8 Å². The van der Waals surface area contributed by atoms with Crippen molar-refractivity contribution < 1.29 is 23.1 Å². The normalized spacial score (nSPS) is 10.9. The zero-order valence-corrected chi connectivity index (χ0v) is 18.8. The van der Waals surface area contributed by atoms with Crippen molar-refractivity contribution in [2.45, 2.75) is 11.8 Å². The molecule has 0 aliphatic heterocycles. The summed E-state index contributed by atoms with van der Waals surface area (Å²) in [5, 5.41) is 3.31. The molecule has 178 valence electrons. The molecular weight excluding hydrogens is 478 g/mol. The van der Waals surface area contributed by atoms with Crippen molar-refractivity contribution >= 4 is 40.2 Å². The van der Waals surface area contributed by atoms with Crippen LogP contribution in [-0.4, -0.2) is 33.7 Å². The molecule has 4 aromatic rings. The van der Waals surface area contributed by atoms with E-state index in [0.29, 0.717) is 27.8 Å². The van der Waals surface area contributed by atoms with Gasteiger partial charge in [-0.25, -0.2) is 4.98 Å². The molecule has 0 unspecified atom stereocenters. The topological polar surface area (TPSA) is 116 Å². The minimum Gasteiger partial charge on any atom is -0.435 e. The zero-order valence-electron chi connectivity index (χ0n) is 18.0. The number of aromatic nitrogens is 2. The van der Waals surface area contributed by atoms with Gasteiger partial charge in [-0.2, -0.15) is 8.78 Å². The fourth-order valence-corrected chi connectivity index (χ4v) is 4.07. The largest absolute Gasteiger partial charge is 0.435 e. The summed E-state index contributed by atoms with van der Waals surface area (Å²) in [5.74, 6) is -1.07. The number of halogens is 2. The molecule has 0 spiro atoms. The van der Waals surface area contributed by atoms with Gasteiger partial charge in [0.1, 0.15) is 5.75 Å². The van der Waals surface area contributed by atoms with E-state index >= 15 is 0 Å². The van der Waals surface area contributed by atoms with Crippen LogP contribution in [0.15, 0.2) is 82.7 Å². The van der Waals surface area contributed by atoms with Crippen LogP contribution in [0.1, 0.15) is 10.4 Å². The van der Waals surface area contributed by atoms with Gasteiger partial charge in [0.15, 0.2) is 5.16 Å². The Hall–Kier alpha value is -4.25. The summed E-state index contributed by atoms with van der Waals surface area (Å²) < 4.78 is 30.7. The van der Waals surface area contributed by atoms with Crippen LogP contribution in [0.2, 0.25) is 0 Å². The average molecular weight is 496 g/mol. The number of nitrogens with zero attached hydrogens (tertiary/aromatic N) is 2. The van der Waals surface area contributed by atoms with E-state index in [1.54, 1.807) is 36.4 Å². The van der Waals surface area contributed by atoms with Crippen LogP contribution in [0.5, 0.6) is 5.75 Å². The third kappa shape index (κ3) is 5.64. The lowest BCUT2D eigenvalue weighted by Gasteiger charge is -2.14. The van der Waals surface area contributed by atoms with Crippen molar-refractivity contribution in [2.75, 3.05) is 11.1 Å². The summed E-state index contributed by atoms with van der Waals surface area (Å²) in [6.07, 6.45) is 0. The lowest BCUT2D eigenvalue weighted by molar-refractivity contribution is -0.113. The number of fused-ring (bicyclic) bond motifs is 1. The molecule has 0 atom stereocenters. The van der Waals surface area contributed by atoms with E-state index in [1.165, 1.54) is 41.0 Å². The Balaban J connectivity index is 1.60. The van der Waals surface area contributed by atoms with Crippen molar-refractivity contribution in [3.8, 4) is 11.4 Å². The van der Waals surface area contributed by atoms with E-state index in [0.717, 1.165) is 11.8 Å². The summed E-state index contributed by atoms with van der Waals surface area (Å²) in [6, 6.07) is 18.4. The fourth-order valence-electron chi connectivity index (χ4n) is 3.26. The average Bonchev–Trinajstić information content (AvgIpc) is 2.83. The maximum atomic E-state index is 13.3. The van der Waals surface area contributed by atoms with Gasteiger partial charge in [-0.1, -0.05) is 23.9 Å². The maximum absolute atomic E-state index is 13.3. The maximum Gasteiger partial charge on any atom is 0.387 e. The van der Waals surface area contributed by atoms with Crippen LogP contribution in [0.4, 0.5) is 14.5 Å². The fraction of sp³-hybridized carbons (Fsp3) is 0.0833. The molecule has 1 heterocycles. The number of rotatable bonds is 8. The number of amides is 2. The molecule has 0 saturated carbocycles. The van der Waals surface area contributed by atoms with Crippen molar-refractivity contribution in [1.82, 2.24) is 9.55 Å². The number of carbonyl (C=O) groups excluding carboxylic acids is 2. The summed E-state index contributed by atoms with van der Waals surface area (Å²) in [4.78, 5) is 41.5. The lowest BCUT2D eigenvalue weighted by Crippen LogP contribution is -2.23. The number of carbonyl (C=O) groups is 2. The number of ether oxygens (including phenoxy) is 1. The molecular formula is C24H18F2N4O4S. The molecule has 0 radical (unpaired) electrons. The molecule has 35 heavy (non-hydrogen) atoms. The molecule has 0 bridgehead atoms. The number of alkyl halides is 2. The van der Waals surface area contributed by atoms with Crippen molar-refractivity contribution in [3.63, 3.8) is 0 Å². The first-order chi connectivity index (χ1) is 16.8. The Bertz CT molecular complexity index is 1440. The van der Waals surface area contributed by atoms with Gasteiger partial charge in [0.25, 0.3) is 5.56 Å². The second kappa shape index (κ2) is 10.3. The van der Waals surface area contributed by atoms with E-state index in [9.17, 15) is 23.2 Å². The minimum atomic E-state index is -2.97. The molecule has 1 aromatic heterocycles. The highest BCUT2D eigenvalue weighted by molar-refractivity contribution is 7.99. The van der Waals surface area contributed by atoms with Crippen molar-refractivity contribution in [1.29, 1.82) is 0 Å². The number of nitrogens with one attached hydrogen (secondary N) is 1. The Kier molecular flexibility index (Phi) is 7.06. The third-order valence-electron chi connectivity index (χ3n) is 4.85. The number of para-hydroxylation sites is 1. The Morgan fingerprint density at radius 1 is 1.03 bits per heavy atom. The number of nitrogens with two attached hydrogens (primary N) is 1. The van der Waals surface area contributed by atoms with Gasteiger partial charge in [-0.3, -0.25) is 19.0 Å². The summed E-state index contributed by atoms with van der Waals surface area (Å²) in [6.45, 7) is -2.97. The van der Waals surface area contributed by atoms with E-state index in [-0.39, 0.29) is 28.1 Å². The lowest BCUT2D eigenvalue weighted by atomic mass is 10.2. The molecule has 0 aliphatic carbocycles. The Labute approximate surface area is 201 Å². The number of hydrogen-bond acceptors (Lipinski definition) is 6. The van der Waals surface area contributed by atoms with Crippen molar-refractivity contribution in [3.05, 3.63) is 88.7 Å². The second-order valence-corrected chi connectivity index (χ2v) is 8.15. The Morgan fingerprint density at radius 3 is 2.37 bits per heavy atom. The van der Waals surface area contributed by atoms with Gasteiger partial charge in [-0.05, 0) is 60.7 Å². The predicted molar refractivity (Wildman–Crippen MR) is 128 cm³/mol.